The molecule has 2 rings (SSSR count). The molecule has 0 radical (unpaired) electrons. The van der Waals surface area contributed by atoms with E-state index >= 15 is 0 Å². The van der Waals surface area contributed by atoms with Crippen molar-refractivity contribution in [3.63, 3.8) is 0 Å². The predicted molar refractivity (Wildman–Crippen MR) is 71.1 cm³/mol. The normalized spacial score (nSPS) is 40.2. The minimum Gasteiger partial charge on any atom is -0.378 e. The second-order valence-corrected chi connectivity index (χ2v) is 6.36. The van der Waals surface area contributed by atoms with Crippen LogP contribution in [-0.4, -0.2) is 38.4 Å². The lowest BCUT2D eigenvalue weighted by molar-refractivity contribution is -0.114. The van der Waals surface area contributed by atoms with Gasteiger partial charge in [-0.1, -0.05) is 20.8 Å². The average Bonchev–Trinajstić information content (AvgIpc) is 2.68. The Morgan fingerprint density at radius 2 is 2.12 bits per heavy atom. The molecule has 2 aliphatic rings. The summed E-state index contributed by atoms with van der Waals surface area (Å²) in [6.45, 7) is 13.4. The molecule has 2 N–H and O–H groups in total. The summed E-state index contributed by atoms with van der Waals surface area (Å²) in [6, 6.07) is 0.631. The Balaban J connectivity index is 1.74. The summed E-state index contributed by atoms with van der Waals surface area (Å²) < 4.78 is 5.76. The van der Waals surface area contributed by atoms with Gasteiger partial charge in [0.05, 0.1) is 6.10 Å². The van der Waals surface area contributed by atoms with Gasteiger partial charge in [-0.3, -0.25) is 0 Å². The van der Waals surface area contributed by atoms with E-state index < -0.39 is 0 Å². The maximum absolute atomic E-state index is 5.76. The number of hydrogen-bond acceptors (Lipinski definition) is 3. The van der Waals surface area contributed by atoms with Gasteiger partial charge >= 0.3 is 0 Å². The highest BCUT2D eigenvalue weighted by molar-refractivity contribution is 5.03. The molecule has 1 aliphatic heterocycles. The summed E-state index contributed by atoms with van der Waals surface area (Å²) in [7, 11) is 0. The van der Waals surface area contributed by atoms with Gasteiger partial charge in [-0.25, -0.2) is 0 Å². The Morgan fingerprint density at radius 3 is 2.65 bits per heavy atom. The Bertz CT molecular complexity index is 255. The lowest BCUT2D eigenvalue weighted by atomic mass is 9.64. The molecule has 3 heteroatoms. The SMILES string of the molecule is CCOC1CC(NCC2CNCC2C)C1(C)C. The van der Waals surface area contributed by atoms with E-state index in [1.165, 1.54) is 19.5 Å². The molecule has 0 spiro atoms. The summed E-state index contributed by atoms with van der Waals surface area (Å²) in [5.74, 6) is 1.62. The lowest BCUT2D eigenvalue weighted by Crippen LogP contribution is -2.61. The van der Waals surface area contributed by atoms with Gasteiger partial charge in [0.25, 0.3) is 0 Å². The van der Waals surface area contributed by atoms with Crippen LogP contribution in [0.1, 0.15) is 34.1 Å². The van der Waals surface area contributed by atoms with Crippen molar-refractivity contribution in [1.82, 2.24) is 10.6 Å². The molecule has 1 heterocycles. The summed E-state index contributed by atoms with van der Waals surface area (Å²) in [6.07, 6.45) is 1.62. The maximum atomic E-state index is 5.76. The zero-order chi connectivity index (χ0) is 12.5. The van der Waals surface area contributed by atoms with Gasteiger partial charge in [0, 0.05) is 18.1 Å². The molecule has 1 saturated heterocycles. The van der Waals surface area contributed by atoms with Crippen LogP contribution in [-0.2, 0) is 4.74 Å². The highest BCUT2D eigenvalue weighted by atomic mass is 16.5. The minimum absolute atomic E-state index is 0.297. The smallest absolute Gasteiger partial charge is 0.0655 e. The van der Waals surface area contributed by atoms with Crippen LogP contribution in [0.5, 0.6) is 0 Å². The van der Waals surface area contributed by atoms with E-state index in [4.69, 9.17) is 4.74 Å². The highest BCUT2D eigenvalue weighted by Gasteiger charge is 2.48. The second kappa shape index (κ2) is 5.25. The molecule has 0 bridgehead atoms. The van der Waals surface area contributed by atoms with Crippen molar-refractivity contribution in [3.05, 3.63) is 0 Å². The predicted octanol–water partition coefficient (Wildman–Crippen LogP) is 1.64. The molecule has 0 aromatic rings. The summed E-state index contributed by atoms with van der Waals surface area (Å²) in [5.41, 5.74) is 0.297. The molecule has 0 amide bonds. The zero-order valence-electron chi connectivity index (χ0n) is 11.8. The lowest BCUT2D eigenvalue weighted by Gasteiger charge is -2.52. The van der Waals surface area contributed by atoms with Gasteiger partial charge in [-0.05, 0) is 44.8 Å². The van der Waals surface area contributed by atoms with E-state index in [1.54, 1.807) is 0 Å². The molecule has 3 nitrogen and oxygen atoms in total. The van der Waals surface area contributed by atoms with Gasteiger partial charge < -0.3 is 15.4 Å². The van der Waals surface area contributed by atoms with E-state index in [9.17, 15) is 0 Å². The Morgan fingerprint density at radius 1 is 1.35 bits per heavy atom. The minimum atomic E-state index is 0.297. The van der Waals surface area contributed by atoms with Crippen molar-refractivity contribution in [3.8, 4) is 0 Å². The highest BCUT2D eigenvalue weighted by Crippen LogP contribution is 2.42. The van der Waals surface area contributed by atoms with Crippen LogP contribution in [0.4, 0.5) is 0 Å². The van der Waals surface area contributed by atoms with E-state index in [1.807, 2.05) is 0 Å². The third kappa shape index (κ3) is 2.67. The maximum Gasteiger partial charge on any atom is 0.0655 e. The van der Waals surface area contributed by atoms with E-state index in [0.717, 1.165) is 25.0 Å². The Labute approximate surface area is 106 Å². The molecule has 17 heavy (non-hydrogen) atoms. The van der Waals surface area contributed by atoms with Crippen molar-refractivity contribution in [2.24, 2.45) is 17.3 Å². The van der Waals surface area contributed by atoms with Crippen molar-refractivity contribution in [2.45, 2.75) is 46.3 Å². The summed E-state index contributed by atoms with van der Waals surface area (Å²) >= 11 is 0. The van der Waals surface area contributed by atoms with E-state index in [2.05, 4.69) is 38.3 Å². The van der Waals surface area contributed by atoms with Gasteiger partial charge in [0.15, 0.2) is 0 Å². The number of hydrogen-bond donors (Lipinski definition) is 2. The molecular weight excluding hydrogens is 212 g/mol. The van der Waals surface area contributed by atoms with Crippen molar-refractivity contribution < 1.29 is 4.74 Å². The van der Waals surface area contributed by atoms with Gasteiger partial charge in [-0.2, -0.15) is 0 Å². The van der Waals surface area contributed by atoms with Crippen molar-refractivity contribution in [1.29, 1.82) is 0 Å². The van der Waals surface area contributed by atoms with Gasteiger partial charge in [0.2, 0.25) is 0 Å². The molecule has 4 atom stereocenters. The molecule has 0 aromatic carbocycles. The van der Waals surface area contributed by atoms with Crippen molar-refractivity contribution >= 4 is 0 Å². The number of ether oxygens (including phenoxy) is 1. The Kier molecular flexibility index (Phi) is 4.11. The standard InChI is InChI=1S/C14H28N2O/c1-5-17-13-6-12(14(13,3)4)16-9-11-8-15-7-10(11)2/h10-13,15-16H,5-9H2,1-4H3. The number of rotatable bonds is 5. The first-order valence-corrected chi connectivity index (χ1v) is 7.11. The fourth-order valence-corrected chi connectivity index (χ4v) is 3.15. The molecule has 1 saturated carbocycles. The molecule has 2 fully saturated rings. The monoisotopic (exact) mass is 240 g/mol. The van der Waals surface area contributed by atoms with Crippen LogP contribution < -0.4 is 10.6 Å². The van der Waals surface area contributed by atoms with Gasteiger partial charge in [-0.15, -0.1) is 0 Å². The Hall–Kier alpha value is -0.120. The molecule has 100 valence electrons. The van der Waals surface area contributed by atoms with Crippen molar-refractivity contribution in [2.75, 3.05) is 26.2 Å². The third-order valence-electron chi connectivity index (χ3n) is 4.85. The molecule has 0 aromatic heterocycles. The molecular formula is C14H28N2O. The summed E-state index contributed by atoms with van der Waals surface area (Å²) in [4.78, 5) is 0. The van der Waals surface area contributed by atoms with Crippen LogP contribution in [0.15, 0.2) is 0 Å². The molecule has 4 unspecified atom stereocenters. The number of nitrogens with one attached hydrogen (secondary N) is 2. The van der Waals surface area contributed by atoms with E-state index in [-0.39, 0.29) is 0 Å². The third-order valence-corrected chi connectivity index (χ3v) is 4.85. The van der Waals surface area contributed by atoms with Crippen LogP contribution in [0, 0.1) is 17.3 Å². The fraction of sp³-hybridized carbons (Fsp3) is 1.00. The largest absolute Gasteiger partial charge is 0.378 e. The van der Waals surface area contributed by atoms with Crippen LogP contribution in [0.25, 0.3) is 0 Å². The fourth-order valence-electron chi connectivity index (χ4n) is 3.15. The first-order chi connectivity index (χ1) is 8.05. The topological polar surface area (TPSA) is 33.3 Å². The van der Waals surface area contributed by atoms with Crippen LogP contribution in [0.2, 0.25) is 0 Å². The van der Waals surface area contributed by atoms with Crippen LogP contribution >= 0.6 is 0 Å². The van der Waals surface area contributed by atoms with E-state index in [0.29, 0.717) is 17.6 Å². The molecule has 1 aliphatic carbocycles. The quantitative estimate of drug-likeness (QED) is 0.766. The average molecular weight is 240 g/mol. The first kappa shape index (κ1) is 13.3. The first-order valence-electron chi connectivity index (χ1n) is 7.11. The summed E-state index contributed by atoms with van der Waals surface area (Å²) in [5, 5.41) is 7.22. The zero-order valence-corrected chi connectivity index (χ0v) is 11.8. The second-order valence-electron chi connectivity index (χ2n) is 6.36. The van der Waals surface area contributed by atoms with Gasteiger partial charge in [0.1, 0.15) is 0 Å². The van der Waals surface area contributed by atoms with Crippen LogP contribution in [0.3, 0.4) is 0 Å².